The van der Waals surface area contributed by atoms with Crippen molar-refractivity contribution in [2.24, 2.45) is 5.73 Å². The summed E-state index contributed by atoms with van der Waals surface area (Å²) in [5.74, 6) is -0.400. The van der Waals surface area contributed by atoms with Crippen LogP contribution in [0.2, 0.25) is 0 Å². The average molecular weight is 429 g/mol. The lowest BCUT2D eigenvalue weighted by Gasteiger charge is -2.20. The number of amides is 1. The minimum atomic E-state index is -0.805. The lowest BCUT2D eigenvalue weighted by molar-refractivity contribution is -0.166. The van der Waals surface area contributed by atoms with Gasteiger partial charge in [-0.05, 0) is 42.5 Å². The molecule has 1 atom stereocenters. The van der Waals surface area contributed by atoms with Crippen LogP contribution in [0.3, 0.4) is 0 Å². The molecule has 2 aromatic rings. The maximum atomic E-state index is 12.0. The highest BCUT2D eigenvalue weighted by Gasteiger charge is 2.15. The molecular weight excluding hydrogens is 396 g/mol. The Morgan fingerprint density at radius 2 is 1.55 bits per heavy atom. The molecule has 0 radical (unpaired) electrons. The van der Waals surface area contributed by atoms with E-state index in [-0.39, 0.29) is 31.3 Å². The molecule has 168 valence electrons. The smallest absolute Gasteiger partial charge is 0.303 e. The summed E-state index contributed by atoms with van der Waals surface area (Å²) in [4.78, 5) is 22.5. The third-order valence-electron chi connectivity index (χ3n) is 4.90. The van der Waals surface area contributed by atoms with E-state index in [2.05, 4.69) is 0 Å². The maximum absolute atomic E-state index is 12.0. The molecule has 0 bridgehead atoms. The van der Waals surface area contributed by atoms with Crippen LogP contribution in [0.25, 0.3) is 0 Å². The standard InChI is InChI=1S/C24H32N2O5/c25-21(17-26(30)23(27)10-6-1-2-7-11-24(28)29)16-19-12-14-22(15-13-19)31-18-20-8-4-3-5-9-20/h3-5,8-9,12-15,21,30H,1-2,6-7,10-11,16-18,25H2,(H,28,29)/t21-/m0/s1. The highest BCUT2D eigenvalue weighted by atomic mass is 16.5. The number of benzene rings is 2. The zero-order valence-electron chi connectivity index (χ0n) is 17.8. The fraction of sp³-hybridized carbons (Fsp3) is 0.417. The molecule has 7 heteroatoms. The molecule has 0 aliphatic heterocycles. The predicted octanol–water partition coefficient (Wildman–Crippen LogP) is 3.78. The summed E-state index contributed by atoms with van der Waals surface area (Å²) < 4.78 is 5.77. The number of hydrogen-bond donors (Lipinski definition) is 3. The SMILES string of the molecule is N[C@@H](Cc1ccc(OCc2ccccc2)cc1)CN(O)C(=O)CCCCCCC(=O)O. The van der Waals surface area contributed by atoms with Gasteiger partial charge in [0, 0.05) is 18.9 Å². The summed E-state index contributed by atoms with van der Waals surface area (Å²) in [5, 5.41) is 19.3. The molecular formula is C24H32N2O5. The largest absolute Gasteiger partial charge is 0.489 e. The monoisotopic (exact) mass is 428 g/mol. The maximum Gasteiger partial charge on any atom is 0.303 e. The van der Waals surface area contributed by atoms with Crippen LogP contribution in [-0.4, -0.2) is 39.8 Å². The Balaban J connectivity index is 1.65. The topological polar surface area (TPSA) is 113 Å². The van der Waals surface area contributed by atoms with E-state index in [1.54, 1.807) is 0 Å². The van der Waals surface area contributed by atoms with E-state index in [9.17, 15) is 14.8 Å². The number of carbonyl (C=O) groups excluding carboxylic acids is 1. The first kappa shape index (κ1) is 24.4. The Labute approximate surface area is 183 Å². The van der Waals surface area contributed by atoms with E-state index >= 15 is 0 Å². The molecule has 0 saturated carbocycles. The zero-order chi connectivity index (χ0) is 22.5. The lowest BCUT2D eigenvalue weighted by Crippen LogP contribution is -2.40. The molecule has 0 aliphatic rings. The van der Waals surface area contributed by atoms with Crippen molar-refractivity contribution in [3.8, 4) is 5.75 Å². The molecule has 0 aliphatic carbocycles. The number of carbonyl (C=O) groups is 2. The molecule has 0 aromatic heterocycles. The van der Waals surface area contributed by atoms with Crippen molar-refractivity contribution in [3.63, 3.8) is 0 Å². The van der Waals surface area contributed by atoms with E-state index < -0.39 is 5.97 Å². The van der Waals surface area contributed by atoms with Crippen molar-refractivity contribution in [2.45, 2.75) is 57.6 Å². The highest BCUT2D eigenvalue weighted by Crippen LogP contribution is 2.15. The number of ether oxygens (including phenoxy) is 1. The molecule has 0 heterocycles. The second-order valence-corrected chi connectivity index (χ2v) is 7.67. The van der Waals surface area contributed by atoms with Crippen LogP contribution in [0.5, 0.6) is 5.75 Å². The van der Waals surface area contributed by atoms with Crippen LogP contribution < -0.4 is 10.5 Å². The molecule has 1 amide bonds. The average Bonchev–Trinajstić information content (AvgIpc) is 2.76. The Bertz CT molecular complexity index is 795. The van der Waals surface area contributed by atoms with Gasteiger partial charge in [0.2, 0.25) is 5.91 Å². The lowest BCUT2D eigenvalue weighted by atomic mass is 10.1. The van der Waals surface area contributed by atoms with E-state index in [4.69, 9.17) is 15.6 Å². The van der Waals surface area contributed by atoms with Crippen LogP contribution >= 0.6 is 0 Å². The van der Waals surface area contributed by atoms with Gasteiger partial charge in [-0.1, -0.05) is 55.3 Å². The van der Waals surface area contributed by atoms with Gasteiger partial charge in [-0.2, -0.15) is 0 Å². The second kappa shape index (κ2) is 13.4. The highest BCUT2D eigenvalue weighted by molar-refractivity contribution is 5.74. The molecule has 7 nitrogen and oxygen atoms in total. The van der Waals surface area contributed by atoms with Crippen LogP contribution in [0.15, 0.2) is 54.6 Å². The Kier molecular flexibility index (Phi) is 10.5. The third-order valence-corrected chi connectivity index (χ3v) is 4.90. The molecule has 0 saturated heterocycles. The second-order valence-electron chi connectivity index (χ2n) is 7.67. The molecule has 2 rings (SSSR count). The van der Waals surface area contributed by atoms with Gasteiger partial charge in [-0.3, -0.25) is 14.8 Å². The van der Waals surface area contributed by atoms with Gasteiger partial charge in [0.1, 0.15) is 12.4 Å². The number of carboxylic acids is 1. The minimum Gasteiger partial charge on any atom is -0.489 e. The zero-order valence-corrected chi connectivity index (χ0v) is 17.8. The van der Waals surface area contributed by atoms with Crippen LogP contribution in [-0.2, 0) is 22.6 Å². The summed E-state index contributed by atoms with van der Waals surface area (Å²) in [5.41, 5.74) is 8.20. The molecule has 0 fully saturated rings. The summed E-state index contributed by atoms with van der Waals surface area (Å²) in [6.45, 7) is 0.560. The fourth-order valence-electron chi connectivity index (χ4n) is 3.19. The number of rotatable bonds is 14. The van der Waals surface area contributed by atoms with Gasteiger partial charge in [-0.25, -0.2) is 5.06 Å². The van der Waals surface area contributed by atoms with Crippen LogP contribution in [0.4, 0.5) is 0 Å². The van der Waals surface area contributed by atoms with Crippen molar-refractivity contribution in [3.05, 3.63) is 65.7 Å². The van der Waals surface area contributed by atoms with Gasteiger partial charge in [0.25, 0.3) is 0 Å². The Hall–Kier alpha value is -2.90. The van der Waals surface area contributed by atoms with Gasteiger partial charge in [0.15, 0.2) is 0 Å². The number of nitrogens with two attached hydrogens (primary N) is 1. The summed E-state index contributed by atoms with van der Waals surface area (Å²) in [7, 11) is 0. The summed E-state index contributed by atoms with van der Waals surface area (Å²) in [6.07, 6.45) is 3.65. The fourth-order valence-corrected chi connectivity index (χ4v) is 3.19. The first-order valence-electron chi connectivity index (χ1n) is 10.7. The molecule has 31 heavy (non-hydrogen) atoms. The normalized spacial score (nSPS) is 11.7. The number of hydrogen-bond acceptors (Lipinski definition) is 5. The number of aliphatic carboxylic acids is 1. The molecule has 0 spiro atoms. The van der Waals surface area contributed by atoms with E-state index in [0.717, 1.165) is 29.7 Å². The van der Waals surface area contributed by atoms with Crippen molar-refractivity contribution >= 4 is 11.9 Å². The van der Waals surface area contributed by atoms with Crippen molar-refractivity contribution < 1.29 is 24.6 Å². The predicted molar refractivity (Wildman–Crippen MR) is 118 cm³/mol. The van der Waals surface area contributed by atoms with E-state index in [1.807, 2.05) is 54.6 Å². The molecule has 0 unspecified atom stereocenters. The summed E-state index contributed by atoms with van der Waals surface area (Å²) >= 11 is 0. The van der Waals surface area contributed by atoms with Crippen LogP contribution in [0.1, 0.15) is 49.7 Å². The van der Waals surface area contributed by atoms with E-state index in [1.165, 1.54) is 0 Å². The third kappa shape index (κ3) is 10.1. The van der Waals surface area contributed by atoms with Crippen molar-refractivity contribution in [2.75, 3.05) is 6.54 Å². The van der Waals surface area contributed by atoms with E-state index in [0.29, 0.717) is 30.9 Å². The Morgan fingerprint density at radius 1 is 0.903 bits per heavy atom. The minimum absolute atomic E-state index is 0.0596. The van der Waals surface area contributed by atoms with Gasteiger partial charge in [-0.15, -0.1) is 0 Å². The first-order valence-corrected chi connectivity index (χ1v) is 10.7. The van der Waals surface area contributed by atoms with Crippen molar-refractivity contribution in [1.29, 1.82) is 0 Å². The summed E-state index contributed by atoms with van der Waals surface area (Å²) in [6, 6.07) is 17.2. The quantitative estimate of drug-likeness (QED) is 0.240. The van der Waals surface area contributed by atoms with Crippen LogP contribution in [0, 0.1) is 0 Å². The number of nitrogens with zero attached hydrogens (tertiary/aromatic N) is 1. The number of unbranched alkanes of at least 4 members (excludes halogenated alkanes) is 3. The van der Waals surface area contributed by atoms with Gasteiger partial charge >= 0.3 is 5.97 Å². The molecule has 2 aromatic carbocycles. The van der Waals surface area contributed by atoms with Crippen molar-refractivity contribution in [1.82, 2.24) is 5.06 Å². The van der Waals surface area contributed by atoms with Gasteiger partial charge in [0.05, 0.1) is 6.54 Å². The number of carboxylic acid groups (broad SMARTS) is 1. The number of hydroxylamine groups is 2. The van der Waals surface area contributed by atoms with Gasteiger partial charge < -0.3 is 15.6 Å². The first-order chi connectivity index (χ1) is 14.9. The molecule has 4 N–H and O–H groups in total. The Morgan fingerprint density at radius 3 is 2.19 bits per heavy atom.